The summed E-state index contributed by atoms with van der Waals surface area (Å²) >= 11 is 0.447. The maximum absolute atomic E-state index is 12.1. The summed E-state index contributed by atoms with van der Waals surface area (Å²) in [4.78, 5) is 11.4. The van der Waals surface area contributed by atoms with Crippen molar-refractivity contribution in [1.29, 1.82) is 0 Å². The highest BCUT2D eigenvalue weighted by atomic mass is 32.2. The van der Waals surface area contributed by atoms with Gasteiger partial charge in [-0.05, 0) is 47.9 Å². The average molecular weight is 610 g/mol. The number of para-hydroxylation sites is 1. The van der Waals surface area contributed by atoms with Crippen LogP contribution >= 0.6 is 12.0 Å². The maximum Gasteiger partial charge on any atom is 0.320 e. The highest BCUT2D eigenvalue weighted by molar-refractivity contribution is 7.94. The lowest BCUT2D eigenvalue weighted by molar-refractivity contribution is -0.432. The fourth-order valence-electron chi connectivity index (χ4n) is 3.77. The van der Waals surface area contributed by atoms with Crippen LogP contribution in [0.4, 0.5) is 34.6 Å². The minimum Gasteiger partial charge on any atom is -0.505 e. The van der Waals surface area contributed by atoms with Crippen LogP contribution in [0.15, 0.2) is 98.9 Å². The molecule has 15 nitrogen and oxygen atoms in total. The molecule has 0 atom stereocenters. The summed E-state index contributed by atoms with van der Waals surface area (Å²) in [5.41, 5.74) is 0.825. The van der Waals surface area contributed by atoms with Crippen molar-refractivity contribution < 1.29 is 37.8 Å². The van der Waals surface area contributed by atoms with Crippen molar-refractivity contribution in [3.05, 3.63) is 78.9 Å². The highest BCUT2D eigenvalue weighted by Crippen LogP contribution is 2.47. The summed E-state index contributed by atoms with van der Waals surface area (Å²) in [5.74, 6) is -0.786. The summed E-state index contributed by atoms with van der Waals surface area (Å²) in [7, 11) is -4.75. The van der Waals surface area contributed by atoms with E-state index >= 15 is 0 Å². The van der Waals surface area contributed by atoms with Crippen LogP contribution in [-0.4, -0.2) is 43.4 Å². The van der Waals surface area contributed by atoms with Crippen molar-refractivity contribution in [2.24, 2.45) is 10.2 Å². The van der Waals surface area contributed by atoms with Crippen LogP contribution in [0.25, 0.3) is 10.8 Å². The molecule has 5 aromatic rings. The summed E-state index contributed by atoms with van der Waals surface area (Å²) in [5, 5.41) is 47.8. The molecule has 4 aromatic carbocycles. The van der Waals surface area contributed by atoms with Crippen LogP contribution in [0.5, 0.6) is 11.8 Å². The second-order valence-corrected chi connectivity index (χ2v) is 10.4. The highest BCUT2D eigenvalue weighted by Gasteiger charge is 2.22. The molecule has 0 spiro atoms. The minimum atomic E-state index is -4.75. The van der Waals surface area contributed by atoms with Crippen LogP contribution in [-0.2, 0) is 19.5 Å². The van der Waals surface area contributed by atoms with Crippen molar-refractivity contribution in [1.82, 2.24) is 15.0 Å². The topological polar surface area (TPSA) is 221 Å². The van der Waals surface area contributed by atoms with Crippen molar-refractivity contribution >= 4 is 67.6 Å². The zero-order chi connectivity index (χ0) is 29.7. The smallest absolute Gasteiger partial charge is 0.320 e. The Kier molecular flexibility index (Phi) is 8.38. The van der Waals surface area contributed by atoms with E-state index in [1.54, 1.807) is 54.6 Å². The van der Waals surface area contributed by atoms with E-state index in [2.05, 4.69) is 45.2 Å². The summed E-state index contributed by atoms with van der Waals surface area (Å²) < 4.78 is 38.6. The largest absolute Gasteiger partial charge is 0.505 e. The van der Waals surface area contributed by atoms with Gasteiger partial charge in [0.2, 0.25) is 11.9 Å². The predicted molar refractivity (Wildman–Crippen MR) is 151 cm³/mol. The molecule has 5 rings (SSSR count). The van der Waals surface area contributed by atoms with Gasteiger partial charge in [-0.2, -0.15) is 28.5 Å². The Morgan fingerprint density at radius 1 is 0.833 bits per heavy atom. The summed E-state index contributed by atoms with van der Waals surface area (Å²) in [6, 6.07) is 20.2. The number of phenols is 1. The quantitative estimate of drug-likeness (QED) is 0.0351. The van der Waals surface area contributed by atoms with Gasteiger partial charge in [-0.1, -0.05) is 41.4 Å². The molecular formula is C25H19N7O8S2. The third-order valence-corrected chi connectivity index (χ3v) is 6.95. The van der Waals surface area contributed by atoms with E-state index in [0.717, 1.165) is 12.1 Å². The van der Waals surface area contributed by atoms with E-state index in [4.69, 9.17) is 5.26 Å². The van der Waals surface area contributed by atoms with Crippen molar-refractivity contribution in [2.45, 2.75) is 9.79 Å². The van der Waals surface area contributed by atoms with Crippen LogP contribution in [0.2, 0.25) is 0 Å². The van der Waals surface area contributed by atoms with Gasteiger partial charge in [0, 0.05) is 11.1 Å². The van der Waals surface area contributed by atoms with Gasteiger partial charge in [0.25, 0.3) is 10.1 Å². The van der Waals surface area contributed by atoms with Crippen LogP contribution in [0, 0.1) is 0 Å². The third-order valence-electron chi connectivity index (χ3n) is 5.50. The summed E-state index contributed by atoms with van der Waals surface area (Å²) in [6.07, 6.45) is 0. The van der Waals surface area contributed by atoms with Crippen LogP contribution in [0.1, 0.15) is 0 Å². The molecule has 0 saturated carbocycles. The number of aromatic hydroxyl groups is 2. The van der Waals surface area contributed by atoms with E-state index in [0.29, 0.717) is 23.4 Å². The first kappa shape index (κ1) is 28.6. The molecule has 0 aliphatic heterocycles. The zero-order valence-corrected chi connectivity index (χ0v) is 22.6. The van der Waals surface area contributed by atoms with Crippen LogP contribution < -0.4 is 10.6 Å². The van der Waals surface area contributed by atoms with Gasteiger partial charge in [-0.3, -0.25) is 4.55 Å². The Hall–Kier alpha value is -4.91. The number of nitrogens with zero attached hydrogens (tertiary/aromatic N) is 5. The fourth-order valence-corrected chi connectivity index (χ4v) is 4.81. The van der Waals surface area contributed by atoms with Crippen molar-refractivity contribution in [3.63, 3.8) is 0 Å². The molecule has 0 saturated heterocycles. The molecule has 42 heavy (non-hydrogen) atoms. The number of phenolic OH excluding ortho intramolecular Hbond substituents is 1. The van der Waals surface area contributed by atoms with Gasteiger partial charge in [-0.25, -0.2) is 5.26 Å². The van der Waals surface area contributed by atoms with E-state index in [1.807, 2.05) is 6.07 Å². The molecule has 0 bridgehead atoms. The second-order valence-electron chi connectivity index (χ2n) is 8.28. The van der Waals surface area contributed by atoms with E-state index < -0.39 is 26.8 Å². The Labute approximate surface area is 241 Å². The van der Waals surface area contributed by atoms with Gasteiger partial charge >= 0.3 is 6.01 Å². The molecule has 0 unspecified atom stereocenters. The average Bonchev–Trinajstić information content (AvgIpc) is 2.95. The molecule has 0 radical (unpaired) electrons. The first-order valence-corrected chi connectivity index (χ1v) is 13.9. The van der Waals surface area contributed by atoms with Gasteiger partial charge in [-0.15, -0.1) is 9.45 Å². The van der Waals surface area contributed by atoms with Crippen LogP contribution in [0.3, 0.4) is 0 Å². The molecule has 6 N–H and O–H groups in total. The third kappa shape index (κ3) is 6.69. The van der Waals surface area contributed by atoms with E-state index in [-0.39, 0.29) is 38.9 Å². The van der Waals surface area contributed by atoms with E-state index in [1.165, 1.54) is 6.07 Å². The lowest BCUT2D eigenvalue weighted by Gasteiger charge is -2.15. The molecule has 0 fully saturated rings. The molecule has 214 valence electrons. The molecule has 0 amide bonds. The molecule has 0 aliphatic rings. The predicted octanol–water partition coefficient (Wildman–Crippen LogP) is 6.01. The molecular weight excluding hydrogens is 590 g/mol. The standard InChI is InChI=1S/C25H19N7O8S2/c33-22-20-14(12-19(41-40-39-35)21(22)32-31-16-9-5-2-6-10-16)11-17(42(36,37)38)13-18(20)27-24-28-23(29-25(34)30-24)26-15-7-3-1-4-8-15/h1-13,33,35H,(H,36,37,38)(H3,26,27,28,29,30,34)/b32-31+. The Morgan fingerprint density at radius 2 is 1.50 bits per heavy atom. The number of nitrogens with one attached hydrogen (secondary N) is 2. The maximum atomic E-state index is 12.1. The Bertz CT molecular complexity index is 1880. The number of fused-ring (bicyclic) bond motifs is 1. The van der Waals surface area contributed by atoms with Crippen molar-refractivity contribution in [2.75, 3.05) is 10.6 Å². The van der Waals surface area contributed by atoms with E-state index in [9.17, 15) is 23.2 Å². The minimum absolute atomic E-state index is 0.0103. The molecule has 0 aliphatic carbocycles. The van der Waals surface area contributed by atoms with Gasteiger partial charge < -0.3 is 20.8 Å². The lowest BCUT2D eigenvalue weighted by atomic mass is 10.1. The van der Waals surface area contributed by atoms with Gasteiger partial charge in [0.15, 0.2) is 5.75 Å². The number of benzene rings is 4. The Morgan fingerprint density at radius 3 is 2.17 bits per heavy atom. The monoisotopic (exact) mass is 609 g/mol. The number of rotatable bonds is 10. The molecule has 1 aromatic heterocycles. The first-order chi connectivity index (χ1) is 20.2. The van der Waals surface area contributed by atoms with Gasteiger partial charge in [0.1, 0.15) is 5.69 Å². The number of azo groups is 1. The number of hydrogen-bond donors (Lipinski definition) is 6. The zero-order valence-electron chi connectivity index (χ0n) is 21.0. The SMILES string of the molecule is O=S(=O)(O)c1cc(Nc2nc(O)nc(Nc3ccccc3)n2)c2c(O)c(/N=N/c3ccccc3)c(SOOO)cc2c1. The Balaban J connectivity index is 1.66. The lowest BCUT2D eigenvalue weighted by Crippen LogP contribution is -2.05. The normalized spacial score (nSPS) is 11.7. The molecule has 1 heterocycles. The second kappa shape index (κ2) is 12.3. The fraction of sp³-hybridized carbons (Fsp3) is 0. The first-order valence-electron chi connectivity index (χ1n) is 11.7. The number of aromatic nitrogens is 3. The van der Waals surface area contributed by atoms with Gasteiger partial charge in [0.05, 0.1) is 33.2 Å². The summed E-state index contributed by atoms with van der Waals surface area (Å²) in [6.45, 7) is 0. The van der Waals surface area contributed by atoms with Crippen molar-refractivity contribution in [3.8, 4) is 11.8 Å². The number of anilines is 4. The molecule has 17 heteroatoms. The number of hydrogen-bond acceptors (Lipinski definition) is 15.